The molecular formula is C22H28N2O6S. The van der Waals surface area contributed by atoms with Crippen LogP contribution in [-0.2, 0) is 14.8 Å². The molecule has 8 nitrogen and oxygen atoms in total. The summed E-state index contributed by atoms with van der Waals surface area (Å²) in [6, 6.07) is 11.6. The minimum atomic E-state index is -4.00. The molecule has 9 heteroatoms. The summed E-state index contributed by atoms with van der Waals surface area (Å²) < 4.78 is 35.2. The van der Waals surface area contributed by atoms with Crippen molar-refractivity contribution in [1.29, 1.82) is 0 Å². The van der Waals surface area contributed by atoms with E-state index < -0.39 is 21.9 Å². The van der Waals surface area contributed by atoms with Gasteiger partial charge in [-0.1, -0.05) is 26.2 Å². The molecule has 0 spiro atoms. The summed E-state index contributed by atoms with van der Waals surface area (Å²) in [6.07, 6.45) is 4.42. The quantitative estimate of drug-likeness (QED) is 0.292. The van der Waals surface area contributed by atoms with Gasteiger partial charge in [-0.3, -0.25) is 10.2 Å². The third-order valence-corrected chi connectivity index (χ3v) is 5.62. The Morgan fingerprint density at radius 1 is 0.871 bits per heavy atom. The van der Waals surface area contributed by atoms with Crippen LogP contribution in [0.3, 0.4) is 0 Å². The topological polar surface area (TPSA) is 111 Å². The Morgan fingerprint density at radius 2 is 1.52 bits per heavy atom. The predicted octanol–water partition coefficient (Wildman–Crippen LogP) is 3.45. The zero-order valence-electron chi connectivity index (χ0n) is 17.7. The molecule has 0 aliphatic rings. The van der Waals surface area contributed by atoms with Crippen molar-refractivity contribution in [3.8, 4) is 5.75 Å². The Hall–Kier alpha value is -2.91. The molecule has 0 aliphatic carbocycles. The Bertz CT molecular complexity index is 957. The fraction of sp³-hybridized carbons (Fsp3) is 0.364. The first-order chi connectivity index (χ1) is 14.9. The molecule has 2 aromatic carbocycles. The first kappa shape index (κ1) is 24.4. The highest BCUT2D eigenvalue weighted by Crippen LogP contribution is 2.14. The number of hydrogen-bond donors (Lipinski definition) is 2. The van der Waals surface area contributed by atoms with Gasteiger partial charge in [0.2, 0.25) is 0 Å². The van der Waals surface area contributed by atoms with Crippen LogP contribution in [0.25, 0.3) is 0 Å². The fourth-order valence-electron chi connectivity index (χ4n) is 2.65. The summed E-state index contributed by atoms with van der Waals surface area (Å²) in [4.78, 5) is 25.8. The van der Waals surface area contributed by atoms with E-state index in [9.17, 15) is 18.0 Å². The second kappa shape index (κ2) is 12.1. The summed E-state index contributed by atoms with van der Waals surface area (Å²) in [5.74, 6) is -0.502. The highest BCUT2D eigenvalue weighted by molar-refractivity contribution is 7.89. The van der Waals surface area contributed by atoms with Gasteiger partial charge in [-0.2, -0.15) is 0 Å². The lowest BCUT2D eigenvalue weighted by atomic mass is 10.2. The molecule has 0 radical (unpaired) electrons. The molecule has 168 valence electrons. The first-order valence-electron chi connectivity index (χ1n) is 10.2. The van der Waals surface area contributed by atoms with Crippen LogP contribution < -0.4 is 15.0 Å². The van der Waals surface area contributed by atoms with Crippen molar-refractivity contribution in [2.45, 2.75) is 44.4 Å². The van der Waals surface area contributed by atoms with E-state index >= 15 is 0 Å². The molecule has 31 heavy (non-hydrogen) atoms. The van der Waals surface area contributed by atoms with Crippen molar-refractivity contribution < 1.29 is 27.5 Å². The second-order valence-corrected chi connectivity index (χ2v) is 8.42. The summed E-state index contributed by atoms with van der Waals surface area (Å²) in [6.45, 7) is 4.66. The van der Waals surface area contributed by atoms with Gasteiger partial charge in [0.25, 0.3) is 15.9 Å². The zero-order valence-corrected chi connectivity index (χ0v) is 18.5. The Labute approximate surface area is 183 Å². The number of carbonyl (C=O) groups excluding carboxylic acids is 2. The van der Waals surface area contributed by atoms with E-state index in [1.165, 1.54) is 30.7 Å². The van der Waals surface area contributed by atoms with Crippen LogP contribution in [0, 0.1) is 0 Å². The van der Waals surface area contributed by atoms with Gasteiger partial charge < -0.3 is 9.47 Å². The molecule has 0 bridgehead atoms. The van der Waals surface area contributed by atoms with Gasteiger partial charge in [0, 0.05) is 5.56 Å². The fourth-order valence-corrected chi connectivity index (χ4v) is 3.49. The molecule has 2 rings (SSSR count). The van der Waals surface area contributed by atoms with Crippen molar-refractivity contribution in [2.75, 3.05) is 13.2 Å². The van der Waals surface area contributed by atoms with Gasteiger partial charge in [0.05, 0.1) is 23.7 Å². The predicted molar refractivity (Wildman–Crippen MR) is 116 cm³/mol. The zero-order chi connectivity index (χ0) is 22.7. The van der Waals surface area contributed by atoms with Crippen LogP contribution in [0.2, 0.25) is 0 Å². The average Bonchev–Trinajstić information content (AvgIpc) is 2.78. The molecule has 0 aromatic heterocycles. The number of hydrazine groups is 1. The maximum absolute atomic E-state index is 12.4. The lowest BCUT2D eigenvalue weighted by Gasteiger charge is -2.10. The maximum atomic E-state index is 12.4. The molecule has 1 amide bonds. The number of rotatable bonds is 12. The van der Waals surface area contributed by atoms with Gasteiger partial charge in [-0.05, 0) is 61.9 Å². The number of sulfonamides is 1. The summed E-state index contributed by atoms with van der Waals surface area (Å²) in [5.41, 5.74) is 2.68. The van der Waals surface area contributed by atoms with Crippen LogP contribution in [0.5, 0.6) is 5.75 Å². The molecule has 0 aliphatic heterocycles. The molecular weight excluding hydrogens is 420 g/mol. The highest BCUT2D eigenvalue weighted by atomic mass is 32.2. The molecule has 2 N–H and O–H groups in total. The van der Waals surface area contributed by atoms with E-state index in [0.717, 1.165) is 19.3 Å². The number of hydrogen-bond acceptors (Lipinski definition) is 6. The van der Waals surface area contributed by atoms with Crippen LogP contribution in [0.1, 0.15) is 60.2 Å². The molecule has 0 heterocycles. The van der Waals surface area contributed by atoms with E-state index in [0.29, 0.717) is 12.4 Å². The molecule has 0 unspecified atom stereocenters. The monoisotopic (exact) mass is 448 g/mol. The van der Waals surface area contributed by atoms with E-state index in [-0.39, 0.29) is 22.6 Å². The Kier molecular flexibility index (Phi) is 9.48. The van der Waals surface area contributed by atoms with Crippen molar-refractivity contribution in [1.82, 2.24) is 10.3 Å². The number of ether oxygens (including phenoxy) is 2. The molecule has 0 fully saturated rings. The molecule has 0 saturated carbocycles. The van der Waals surface area contributed by atoms with E-state index in [1.807, 2.05) is 4.83 Å². The highest BCUT2D eigenvalue weighted by Gasteiger charge is 2.17. The summed E-state index contributed by atoms with van der Waals surface area (Å²) >= 11 is 0. The molecule has 0 saturated heterocycles. The van der Waals surface area contributed by atoms with E-state index in [1.54, 1.807) is 31.2 Å². The second-order valence-electron chi connectivity index (χ2n) is 6.74. The molecule has 0 atom stereocenters. The van der Waals surface area contributed by atoms with Crippen molar-refractivity contribution >= 4 is 21.9 Å². The standard InChI is InChI=1S/C22H28N2O6S/c1-3-5-6-7-16-30-19-12-8-17(9-13-19)21(25)23-24-31(27,28)20-14-10-18(11-15-20)22(26)29-4-2/h8-15,24H,3-7,16H2,1-2H3,(H,23,25). The van der Waals surface area contributed by atoms with Crippen LogP contribution in [0.15, 0.2) is 53.4 Å². The third-order valence-electron chi connectivity index (χ3n) is 4.36. The Morgan fingerprint density at radius 3 is 2.13 bits per heavy atom. The smallest absolute Gasteiger partial charge is 0.338 e. The lowest BCUT2D eigenvalue weighted by molar-refractivity contribution is 0.0526. The number of nitrogens with one attached hydrogen (secondary N) is 2. The van der Waals surface area contributed by atoms with Gasteiger partial charge >= 0.3 is 5.97 Å². The first-order valence-corrected chi connectivity index (χ1v) is 11.7. The Balaban J connectivity index is 1.88. The number of carbonyl (C=O) groups is 2. The number of benzene rings is 2. The number of unbranched alkanes of at least 4 members (excludes halogenated alkanes) is 3. The van der Waals surface area contributed by atoms with Gasteiger partial charge in [-0.25, -0.2) is 13.2 Å². The minimum absolute atomic E-state index is 0.104. The number of amides is 1. The largest absolute Gasteiger partial charge is 0.494 e. The van der Waals surface area contributed by atoms with Crippen LogP contribution in [0.4, 0.5) is 0 Å². The average molecular weight is 449 g/mol. The van der Waals surface area contributed by atoms with Crippen LogP contribution in [-0.4, -0.2) is 33.5 Å². The van der Waals surface area contributed by atoms with E-state index in [2.05, 4.69) is 12.3 Å². The lowest BCUT2D eigenvalue weighted by Crippen LogP contribution is -2.41. The molecule has 2 aromatic rings. The summed E-state index contributed by atoms with van der Waals surface area (Å²) in [7, 11) is -4.00. The third kappa shape index (κ3) is 7.69. The van der Waals surface area contributed by atoms with Crippen molar-refractivity contribution in [2.24, 2.45) is 0 Å². The van der Waals surface area contributed by atoms with Gasteiger partial charge in [0.1, 0.15) is 5.75 Å². The SMILES string of the molecule is CCCCCCOc1ccc(C(=O)NNS(=O)(=O)c2ccc(C(=O)OCC)cc2)cc1. The van der Waals surface area contributed by atoms with Crippen molar-refractivity contribution in [3.63, 3.8) is 0 Å². The van der Waals surface area contributed by atoms with Crippen LogP contribution >= 0.6 is 0 Å². The van der Waals surface area contributed by atoms with Gasteiger partial charge in [-0.15, -0.1) is 4.83 Å². The minimum Gasteiger partial charge on any atom is -0.494 e. The van der Waals surface area contributed by atoms with E-state index in [4.69, 9.17) is 9.47 Å². The number of esters is 1. The van der Waals surface area contributed by atoms with Gasteiger partial charge in [0.15, 0.2) is 0 Å². The summed E-state index contributed by atoms with van der Waals surface area (Å²) in [5, 5.41) is 0. The normalized spacial score (nSPS) is 11.0. The maximum Gasteiger partial charge on any atom is 0.338 e. The van der Waals surface area contributed by atoms with Crippen molar-refractivity contribution in [3.05, 3.63) is 59.7 Å².